The van der Waals surface area contributed by atoms with Crippen LogP contribution in [0.3, 0.4) is 0 Å². The summed E-state index contributed by atoms with van der Waals surface area (Å²) in [4.78, 5) is 16.5. The number of hydrogen-bond donors (Lipinski definition) is 2. The Morgan fingerprint density at radius 2 is 2.32 bits per heavy atom. The standard InChI is InChI=1S/C16H22N4OS/c1-11-2-5-15-18-13(8-20(15)7-11)9-22-10-16(21)19-14(6-17)12-3-4-12/h2,5,7-8,12,14H,3-4,6,9-10,17H2,1H3,(H,19,21). The van der Waals surface area contributed by atoms with Gasteiger partial charge in [-0.25, -0.2) is 4.98 Å². The third-order valence-electron chi connectivity index (χ3n) is 3.92. The van der Waals surface area contributed by atoms with Crippen LogP contribution in [-0.4, -0.2) is 33.6 Å². The molecule has 1 aliphatic rings. The van der Waals surface area contributed by atoms with E-state index < -0.39 is 0 Å². The van der Waals surface area contributed by atoms with E-state index in [0.717, 1.165) is 17.1 Å². The van der Waals surface area contributed by atoms with E-state index >= 15 is 0 Å². The molecule has 2 heterocycles. The molecule has 1 atom stereocenters. The first-order chi connectivity index (χ1) is 10.7. The number of fused-ring (bicyclic) bond motifs is 1. The number of aryl methyl sites for hydroxylation is 1. The van der Waals surface area contributed by atoms with Crippen molar-refractivity contribution in [1.29, 1.82) is 0 Å². The van der Waals surface area contributed by atoms with Crippen molar-refractivity contribution in [3.63, 3.8) is 0 Å². The summed E-state index contributed by atoms with van der Waals surface area (Å²) in [6, 6.07) is 4.22. The molecule has 5 nitrogen and oxygen atoms in total. The Balaban J connectivity index is 1.48. The molecule has 1 fully saturated rings. The molecule has 6 heteroatoms. The van der Waals surface area contributed by atoms with Crippen LogP contribution >= 0.6 is 11.8 Å². The summed E-state index contributed by atoms with van der Waals surface area (Å²) in [6.07, 6.45) is 6.47. The molecule has 3 rings (SSSR count). The molecule has 1 aliphatic carbocycles. The van der Waals surface area contributed by atoms with E-state index in [9.17, 15) is 4.79 Å². The van der Waals surface area contributed by atoms with Gasteiger partial charge in [-0.1, -0.05) is 6.07 Å². The molecule has 3 N–H and O–H groups in total. The number of nitrogens with zero attached hydrogens (tertiary/aromatic N) is 2. The van der Waals surface area contributed by atoms with Crippen LogP contribution in [0.25, 0.3) is 5.65 Å². The number of aromatic nitrogens is 2. The number of pyridine rings is 1. The molecule has 118 valence electrons. The number of thioether (sulfide) groups is 1. The van der Waals surface area contributed by atoms with E-state index in [4.69, 9.17) is 5.73 Å². The minimum atomic E-state index is 0.0759. The second-order valence-electron chi connectivity index (χ2n) is 5.94. The summed E-state index contributed by atoms with van der Waals surface area (Å²) >= 11 is 1.59. The average molecular weight is 318 g/mol. The lowest BCUT2D eigenvalue weighted by Crippen LogP contribution is -2.42. The Kier molecular flexibility index (Phi) is 4.69. The highest BCUT2D eigenvalue weighted by Crippen LogP contribution is 2.32. The molecule has 0 radical (unpaired) electrons. The molecule has 1 saturated carbocycles. The van der Waals surface area contributed by atoms with Gasteiger partial charge in [-0.3, -0.25) is 4.79 Å². The van der Waals surface area contributed by atoms with Crippen LogP contribution < -0.4 is 11.1 Å². The van der Waals surface area contributed by atoms with Gasteiger partial charge in [0.25, 0.3) is 0 Å². The van der Waals surface area contributed by atoms with Crippen molar-refractivity contribution in [3.8, 4) is 0 Å². The molecule has 2 aromatic rings. The van der Waals surface area contributed by atoms with E-state index in [1.54, 1.807) is 11.8 Å². The lowest BCUT2D eigenvalue weighted by molar-refractivity contribution is -0.119. The summed E-state index contributed by atoms with van der Waals surface area (Å²) in [5.41, 5.74) is 8.86. The summed E-state index contributed by atoms with van der Waals surface area (Å²) in [7, 11) is 0. The van der Waals surface area contributed by atoms with Gasteiger partial charge in [-0.05, 0) is 37.3 Å². The first-order valence-electron chi connectivity index (χ1n) is 7.67. The maximum atomic E-state index is 11.9. The zero-order chi connectivity index (χ0) is 15.5. The van der Waals surface area contributed by atoms with Crippen molar-refractivity contribution in [2.24, 2.45) is 11.7 Å². The Labute approximate surface area is 134 Å². The SMILES string of the molecule is Cc1ccc2nc(CSCC(=O)NC(CN)C3CC3)cn2c1. The van der Waals surface area contributed by atoms with E-state index in [1.807, 2.05) is 16.7 Å². The zero-order valence-corrected chi connectivity index (χ0v) is 13.6. The molecule has 0 aromatic carbocycles. The highest BCUT2D eigenvalue weighted by molar-refractivity contribution is 7.99. The molecule has 1 amide bonds. The third kappa shape index (κ3) is 3.81. The number of rotatable bonds is 7. The van der Waals surface area contributed by atoms with Gasteiger partial charge in [0.15, 0.2) is 0 Å². The molecular formula is C16H22N4OS. The highest BCUT2D eigenvalue weighted by atomic mass is 32.2. The van der Waals surface area contributed by atoms with Crippen LogP contribution in [0.1, 0.15) is 24.1 Å². The van der Waals surface area contributed by atoms with Crippen LogP contribution in [0, 0.1) is 12.8 Å². The van der Waals surface area contributed by atoms with Gasteiger partial charge in [0.2, 0.25) is 5.91 Å². The van der Waals surface area contributed by atoms with E-state index in [-0.39, 0.29) is 11.9 Å². The van der Waals surface area contributed by atoms with Gasteiger partial charge in [0.05, 0.1) is 11.4 Å². The fourth-order valence-electron chi connectivity index (χ4n) is 2.59. The normalized spacial score (nSPS) is 15.9. The minimum absolute atomic E-state index is 0.0759. The molecular weight excluding hydrogens is 296 g/mol. The maximum Gasteiger partial charge on any atom is 0.230 e. The maximum absolute atomic E-state index is 11.9. The fourth-order valence-corrected chi connectivity index (χ4v) is 3.31. The predicted octanol–water partition coefficient (Wildman–Crippen LogP) is 1.73. The van der Waals surface area contributed by atoms with E-state index in [2.05, 4.69) is 29.5 Å². The number of amides is 1. The van der Waals surface area contributed by atoms with Crippen molar-refractivity contribution in [3.05, 3.63) is 35.8 Å². The minimum Gasteiger partial charge on any atom is -0.351 e. The van der Waals surface area contributed by atoms with Crippen LogP contribution in [0.5, 0.6) is 0 Å². The summed E-state index contributed by atoms with van der Waals surface area (Å²) in [5.74, 6) is 1.87. The van der Waals surface area contributed by atoms with Crippen LogP contribution in [0.2, 0.25) is 0 Å². The molecule has 0 bridgehead atoms. The van der Waals surface area contributed by atoms with Gasteiger partial charge in [-0.2, -0.15) is 0 Å². The number of nitrogens with one attached hydrogen (secondary N) is 1. The molecule has 0 spiro atoms. The number of carbonyl (C=O) groups is 1. The third-order valence-corrected chi connectivity index (χ3v) is 4.89. The summed E-state index contributed by atoms with van der Waals surface area (Å²) in [5, 5.41) is 3.04. The Morgan fingerprint density at radius 1 is 1.50 bits per heavy atom. The van der Waals surface area contributed by atoms with Gasteiger partial charge < -0.3 is 15.5 Å². The quantitative estimate of drug-likeness (QED) is 0.815. The largest absolute Gasteiger partial charge is 0.351 e. The molecule has 0 saturated heterocycles. The van der Waals surface area contributed by atoms with Gasteiger partial charge >= 0.3 is 0 Å². The first kappa shape index (κ1) is 15.4. The zero-order valence-electron chi connectivity index (χ0n) is 12.8. The second-order valence-corrected chi connectivity index (χ2v) is 6.93. The molecule has 2 aromatic heterocycles. The van der Waals surface area contributed by atoms with Crippen molar-refractivity contribution in [2.45, 2.75) is 31.6 Å². The topological polar surface area (TPSA) is 72.4 Å². The van der Waals surface area contributed by atoms with Crippen molar-refractivity contribution in [1.82, 2.24) is 14.7 Å². The molecule has 22 heavy (non-hydrogen) atoms. The number of hydrogen-bond acceptors (Lipinski definition) is 4. The second kappa shape index (κ2) is 6.71. The predicted molar refractivity (Wildman–Crippen MR) is 89.8 cm³/mol. The number of nitrogens with two attached hydrogens (primary N) is 1. The molecule has 1 unspecified atom stereocenters. The number of carbonyl (C=O) groups excluding carboxylic acids is 1. The Hall–Kier alpha value is -1.53. The lowest BCUT2D eigenvalue weighted by Gasteiger charge is -2.15. The van der Waals surface area contributed by atoms with Crippen LogP contribution in [-0.2, 0) is 10.5 Å². The Morgan fingerprint density at radius 3 is 3.05 bits per heavy atom. The summed E-state index contributed by atoms with van der Waals surface area (Å²) in [6.45, 7) is 2.60. The van der Waals surface area contributed by atoms with Crippen molar-refractivity contribution < 1.29 is 4.79 Å². The van der Waals surface area contributed by atoms with Gasteiger partial charge in [0, 0.05) is 30.7 Å². The fraction of sp³-hybridized carbons (Fsp3) is 0.500. The lowest BCUT2D eigenvalue weighted by atomic mass is 10.2. The van der Waals surface area contributed by atoms with Crippen LogP contribution in [0.15, 0.2) is 24.5 Å². The van der Waals surface area contributed by atoms with Crippen molar-refractivity contribution in [2.75, 3.05) is 12.3 Å². The van der Waals surface area contributed by atoms with Gasteiger partial charge in [0.1, 0.15) is 5.65 Å². The smallest absolute Gasteiger partial charge is 0.230 e. The highest BCUT2D eigenvalue weighted by Gasteiger charge is 2.31. The monoisotopic (exact) mass is 318 g/mol. The average Bonchev–Trinajstić information content (AvgIpc) is 3.25. The van der Waals surface area contributed by atoms with Gasteiger partial charge in [-0.15, -0.1) is 11.8 Å². The first-order valence-corrected chi connectivity index (χ1v) is 8.82. The van der Waals surface area contributed by atoms with E-state index in [0.29, 0.717) is 18.2 Å². The summed E-state index contributed by atoms with van der Waals surface area (Å²) < 4.78 is 2.03. The van der Waals surface area contributed by atoms with E-state index in [1.165, 1.54) is 18.4 Å². The number of imidazole rings is 1. The van der Waals surface area contributed by atoms with Crippen molar-refractivity contribution >= 4 is 23.3 Å². The Bertz CT molecular complexity index is 665. The molecule has 0 aliphatic heterocycles. The van der Waals surface area contributed by atoms with Crippen LogP contribution in [0.4, 0.5) is 0 Å².